The van der Waals surface area contributed by atoms with Crippen molar-refractivity contribution in [3.63, 3.8) is 0 Å². The summed E-state index contributed by atoms with van der Waals surface area (Å²) >= 11 is 5.85. The van der Waals surface area contributed by atoms with Gasteiger partial charge in [0.2, 0.25) is 0 Å². The van der Waals surface area contributed by atoms with E-state index in [9.17, 15) is 4.79 Å². The number of hydrogen-bond acceptors (Lipinski definition) is 3. The van der Waals surface area contributed by atoms with Crippen molar-refractivity contribution in [2.75, 3.05) is 0 Å². The van der Waals surface area contributed by atoms with Crippen LogP contribution in [0, 0.1) is 0 Å². The second-order valence-corrected chi connectivity index (χ2v) is 4.24. The molecule has 0 N–H and O–H groups in total. The van der Waals surface area contributed by atoms with E-state index in [2.05, 4.69) is 10.3 Å². The van der Waals surface area contributed by atoms with Crippen molar-refractivity contribution in [2.24, 2.45) is 0 Å². The molecule has 88 valence electrons. The molecule has 0 aliphatic rings. The second kappa shape index (κ2) is 4.23. The van der Waals surface area contributed by atoms with Crippen LogP contribution in [0.2, 0.25) is 5.02 Å². The van der Waals surface area contributed by atoms with Crippen molar-refractivity contribution < 1.29 is 0 Å². The van der Waals surface area contributed by atoms with Crippen LogP contribution in [0.5, 0.6) is 0 Å². The van der Waals surface area contributed by atoms with E-state index in [1.165, 1.54) is 4.68 Å². The fourth-order valence-corrected chi connectivity index (χ4v) is 1.92. The molecule has 0 amide bonds. The molecule has 0 bridgehead atoms. The number of hydrogen-bond donors (Lipinski definition) is 0. The average Bonchev–Trinajstić information content (AvgIpc) is 2.40. The maximum atomic E-state index is 12.3. The Morgan fingerprint density at radius 3 is 2.61 bits per heavy atom. The van der Waals surface area contributed by atoms with Crippen LogP contribution in [0.1, 0.15) is 0 Å². The third-order valence-electron chi connectivity index (χ3n) is 2.63. The lowest BCUT2D eigenvalue weighted by Crippen LogP contribution is -2.22. The third-order valence-corrected chi connectivity index (χ3v) is 2.86. The van der Waals surface area contributed by atoms with Crippen molar-refractivity contribution in [1.82, 2.24) is 15.0 Å². The number of nitrogens with zero attached hydrogens (tertiary/aromatic N) is 3. The van der Waals surface area contributed by atoms with Crippen molar-refractivity contribution in [2.45, 2.75) is 0 Å². The fourth-order valence-electron chi connectivity index (χ4n) is 1.75. The van der Waals surface area contributed by atoms with Crippen LogP contribution in [0.4, 0.5) is 0 Å². The summed E-state index contributed by atoms with van der Waals surface area (Å²) < 4.78 is 1.27. The van der Waals surface area contributed by atoms with E-state index >= 15 is 0 Å². The van der Waals surface area contributed by atoms with E-state index in [1.807, 2.05) is 18.2 Å². The number of aromatic nitrogens is 3. The smallest absolute Gasteiger partial charge is 0.267 e. The quantitative estimate of drug-likeness (QED) is 0.673. The van der Waals surface area contributed by atoms with Crippen LogP contribution < -0.4 is 5.56 Å². The molecule has 18 heavy (non-hydrogen) atoms. The van der Waals surface area contributed by atoms with E-state index in [0.29, 0.717) is 21.6 Å². The van der Waals surface area contributed by atoms with Crippen LogP contribution in [0.15, 0.2) is 53.3 Å². The van der Waals surface area contributed by atoms with E-state index in [4.69, 9.17) is 11.6 Å². The molecule has 0 saturated carbocycles. The van der Waals surface area contributed by atoms with Crippen molar-refractivity contribution in [3.8, 4) is 5.69 Å². The van der Waals surface area contributed by atoms with Gasteiger partial charge in [-0.15, -0.1) is 5.10 Å². The Hall–Kier alpha value is -2.20. The van der Waals surface area contributed by atoms with E-state index < -0.39 is 0 Å². The molecule has 0 radical (unpaired) electrons. The lowest BCUT2D eigenvalue weighted by atomic mass is 10.2. The molecule has 4 nitrogen and oxygen atoms in total. The van der Waals surface area contributed by atoms with Gasteiger partial charge < -0.3 is 0 Å². The molecule has 5 heteroatoms. The topological polar surface area (TPSA) is 47.8 Å². The molecule has 0 fully saturated rings. The van der Waals surface area contributed by atoms with Gasteiger partial charge in [-0.25, -0.2) is 0 Å². The van der Waals surface area contributed by atoms with Gasteiger partial charge in [-0.2, -0.15) is 4.68 Å². The Labute approximate surface area is 107 Å². The summed E-state index contributed by atoms with van der Waals surface area (Å²) in [6.07, 6.45) is 0. The molecule has 0 saturated heterocycles. The van der Waals surface area contributed by atoms with Crippen LogP contribution in [-0.2, 0) is 0 Å². The fraction of sp³-hybridized carbons (Fsp3) is 0. The lowest BCUT2D eigenvalue weighted by molar-refractivity contribution is 0.738. The van der Waals surface area contributed by atoms with Crippen LogP contribution in [0.25, 0.3) is 16.6 Å². The Morgan fingerprint density at radius 2 is 1.83 bits per heavy atom. The minimum Gasteiger partial charge on any atom is -0.267 e. The van der Waals surface area contributed by atoms with E-state index in [0.717, 1.165) is 0 Å². The number of benzene rings is 2. The van der Waals surface area contributed by atoms with Crippen molar-refractivity contribution >= 4 is 22.5 Å². The van der Waals surface area contributed by atoms with Gasteiger partial charge in [-0.1, -0.05) is 35.0 Å². The monoisotopic (exact) mass is 257 g/mol. The SMILES string of the molecule is O=c1c2ccc(Cl)cc2nnn1-c1ccccc1. The molecule has 1 heterocycles. The zero-order valence-electron chi connectivity index (χ0n) is 9.25. The van der Waals surface area contributed by atoms with Gasteiger partial charge in [-0.3, -0.25) is 4.79 Å². The predicted octanol–water partition coefficient (Wildman–Crippen LogP) is 2.43. The molecule has 2 aromatic carbocycles. The largest absolute Gasteiger partial charge is 0.282 e. The second-order valence-electron chi connectivity index (χ2n) is 3.80. The molecule has 0 atom stereocenters. The summed E-state index contributed by atoms with van der Waals surface area (Å²) in [5.41, 5.74) is 0.981. The van der Waals surface area contributed by atoms with Crippen LogP contribution >= 0.6 is 11.6 Å². The first kappa shape index (κ1) is 10.9. The van der Waals surface area contributed by atoms with E-state index in [1.54, 1.807) is 30.3 Å². The molecular weight excluding hydrogens is 250 g/mol. The molecule has 3 rings (SSSR count). The van der Waals surface area contributed by atoms with Crippen molar-refractivity contribution in [1.29, 1.82) is 0 Å². The van der Waals surface area contributed by atoms with Crippen LogP contribution in [-0.4, -0.2) is 15.0 Å². The standard InChI is InChI=1S/C13H8ClN3O/c14-9-6-7-11-12(8-9)15-16-17(13(11)18)10-4-2-1-3-5-10/h1-8H. The Kier molecular flexibility index (Phi) is 2.57. The summed E-state index contributed by atoms with van der Waals surface area (Å²) in [5, 5.41) is 8.96. The first-order valence-electron chi connectivity index (χ1n) is 5.36. The molecule has 1 aromatic heterocycles. The molecule has 0 aliphatic carbocycles. The zero-order valence-corrected chi connectivity index (χ0v) is 10.0. The zero-order chi connectivity index (χ0) is 12.5. The van der Waals surface area contributed by atoms with E-state index in [-0.39, 0.29) is 5.56 Å². The van der Waals surface area contributed by atoms with Gasteiger partial charge in [0.25, 0.3) is 5.56 Å². The van der Waals surface area contributed by atoms with Gasteiger partial charge in [0.05, 0.1) is 11.1 Å². The molecule has 0 aliphatic heterocycles. The Morgan fingerprint density at radius 1 is 1.06 bits per heavy atom. The summed E-state index contributed by atoms with van der Waals surface area (Å²) in [6.45, 7) is 0. The molecule has 0 unspecified atom stereocenters. The van der Waals surface area contributed by atoms with Crippen LogP contribution in [0.3, 0.4) is 0 Å². The number of fused-ring (bicyclic) bond motifs is 1. The third kappa shape index (κ3) is 1.76. The van der Waals surface area contributed by atoms with Gasteiger partial charge in [-0.05, 0) is 30.3 Å². The number of para-hydroxylation sites is 1. The summed E-state index contributed by atoms with van der Waals surface area (Å²) in [7, 11) is 0. The predicted molar refractivity (Wildman–Crippen MR) is 70.1 cm³/mol. The Balaban J connectivity index is 2.31. The van der Waals surface area contributed by atoms with Gasteiger partial charge in [0, 0.05) is 5.02 Å². The maximum Gasteiger partial charge on any atom is 0.282 e. The summed E-state index contributed by atoms with van der Waals surface area (Å²) in [4.78, 5) is 12.3. The first-order valence-corrected chi connectivity index (χ1v) is 5.74. The normalized spacial score (nSPS) is 10.7. The average molecular weight is 258 g/mol. The molecule has 0 spiro atoms. The molecule has 3 aromatic rings. The van der Waals surface area contributed by atoms with Crippen molar-refractivity contribution in [3.05, 3.63) is 63.9 Å². The minimum atomic E-state index is -0.206. The number of halogens is 1. The highest BCUT2D eigenvalue weighted by atomic mass is 35.5. The highest BCUT2D eigenvalue weighted by Gasteiger charge is 2.07. The minimum absolute atomic E-state index is 0.206. The molecular formula is C13H8ClN3O. The number of rotatable bonds is 1. The Bertz CT molecular complexity index is 768. The highest BCUT2D eigenvalue weighted by Crippen LogP contribution is 2.14. The summed E-state index contributed by atoms with van der Waals surface area (Å²) in [6, 6.07) is 14.1. The highest BCUT2D eigenvalue weighted by molar-refractivity contribution is 6.31. The first-order chi connectivity index (χ1) is 8.75. The van der Waals surface area contributed by atoms with Gasteiger partial charge in [0.1, 0.15) is 5.52 Å². The lowest BCUT2D eigenvalue weighted by Gasteiger charge is -2.04. The summed E-state index contributed by atoms with van der Waals surface area (Å²) in [5.74, 6) is 0. The van der Waals surface area contributed by atoms with Gasteiger partial charge in [0.15, 0.2) is 0 Å². The maximum absolute atomic E-state index is 12.3. The van der Waals surface area contributed by atoms with Gasteiger partial charge >= 0.3 is 0 Å².